The van der Waals surface area contributed by atoms with Crippen LogP contribution in [0.4, 0.5) is 0 Å². The summed E-state index contributed by atoms with van der Waals surface area (Å²) < 4.78 is 5.19. The van der Waals surface area contributed by atoms with Crippen LogP contribution in [0.2, 0.25) is 0 Å². The summed E-state index contributed by atoms with van der Waals surface area (Å²) in [6.45, 7) is 4.75. The van der Waals surface area contributed by atoms with E-state index in [4.69, 9.17) is 4.42 Å². The van der Waals surface area contributed by atoms with E-state index in [-0.39, 0.29) is 24.1 Å². The van der Waals surface area contributed by atoms with Crippen LogP contribution in [0.3, 0.4) is 0 Å². The lowest BCUT2D eigenvalue weighted by molar-refractivity contribution is -0.136. The van der Waals surface area contributed by atoms with Crippen molar-refractivity contribution in [1.29, 1.82) is 0 Å². The van der Waals surface area contributed by atoms with Crippen molar-refractivity contribution in [2.24, 2.45) is 0 Å². The van der Waals surface area contributed by atoms with Crippen LogP contribution < -0.4 is 5.63 Å². The van der Waals surface area contributed by atoms with Gasteiger partial charge >= 0.3 is 5.63 Å². The minimum Gasteiger partial charge on any atom is -0.422 e. The Labute approximate surface area is 133 Å². The monoisotopic (exact) mass is 314 g/mol. The van der Waals surface area contributed by atoms with Gasteiger partial charge < -0.3 is 14.2 Å². The molecule has 2 heterocycles. The molecule has 0 spiro atoms. The molecule has 6 nitrogen and oxygen atoms in total. The van der Waals surface area contributed by atoms with Crippen molar-refractivity contribution in [2.75, 3.05) is 19.6 Å². The summed E-state index contributed by atoms with van der Waals surface area (Å²) in [5, 5.41) is 0.683. The number of rotatable bonds is 2. The van der Waals surface area contributed by atoms with Crippen molar-refractivity contribution in [1.82, 2.24) is 9.80 Å². The topological polar surface area (TPSA) is 70.8 Å². The summed E-state index contributed by atoms with van der Waals surface area (Å²) >= 11 is 0. The van der Waals surface area contributed by atoms with Crippen LogP contribution in [0, 0.1) is 0 Å². The second-order valence-electron chi connectivity index (χ2n) is 5.89. The third-order valence-corrected chi connectivity index (χ3v) is 4.04. The molecule has 1 aromatic heterocycles. The Balaban J connectivity index is 1.88. The second-order valence-corrected chi connectivity index (χ2v) is 5.89. The first-order valence-electron chi connectivity index (χ1n) is 7.59. The first kappa shape index (κ1) is 15.3. The minimum atomic E-state index is -0.674. The fourth-order valence-corrected chi connectivity index (χ4v) is 2.79. The predicted octanol–water partition coefficient (Wildman–Crippen LogP) is 1.49. The van der Waals surface area contributed by atoms with Crippen LogP contribution in [-0.4, -0.2) is 47.3 Å². The lowest BCUT2D eigenvalue weighted by atomic mass is 10.1. The van der Waals surface area contributed by atoms with E-state index in [0.29, 0.717) is 24.1 Å². The van der Waals surface area contributed by atoms with E-state index in [1.807, 2.05) is 19.9 Å². The Morgan fingerprint density at radius 2 is 1.91 bits per heavy atom. The highest BCUT2D eigenvalue weighted by Gasteiger charge is 2.30. The van der Waals surface area contributed by atoms with Gasteiger partial charge in [0.25, 0.3) is 5.91 Å². The molecule has 2 amide bonds. The van der Waals surface area contributed by atoms with E-state index in [0.717, 1.165) is 0 Å². The molecule has 3 rings (SSSR count). The largest absolute Gasteiger partial charge is 0.422 e. The maximum atomic E-state index is 12.6. The number of fused-ring (bicyclic) bond motifs is 1. The molecular formula is C17H18N2O4. The number of carbonyl (C=O) groups is 2. The van der Waals surface area contributed by atoms with E-state index in [9.17, 15) is 14.4 Å². The molecule has 1 aliphatic rings. The summed E-state index contributed by atoms with van der Waals surface area (Å²) in [5.41, 5.74) is -0.267. The third kappa shape index (κ3) is 2.84. The van der Waals surface area contributed by atoms with E-state index in [1.54, 1.807) is 23.1 Å². The zero-order valence-corrected chi connectivity index (χ0v) is 13.1. The Morgan fingerprint density at radius 1 is 1.17 bits per heavy atom. The minimum absolute atomic E-state index is 0.0106. The molecule has 0 aliphatic carbocycles. The fourth-order valence-electron chi connectivity index (χ4n) is 2.79. The molecule has 0 saturated carbocycles. The Morgan fingerprint density at radius 3 is 2.61 bits per heavy atom. The maximum Gasteiger partial charge on any atom is 0.349 e. The Bertz CT molecular complexity index is 825. The van der Waals surface area contributed by atoms with Crippen LogP contribution in [0.25, 0.3) is 11.0 Å². The molecule has 1 fully saturated rings. The molecule has 0 unspecified atom stereocenters. The van der Waals surface area contributed by atoms with Crippen LogP contribution in [0.15, 0.2) is 39.5 Å². The molecule has 23 heavy (non-hydrogen) atoms. The average molecular weight is 314 g/mol. The van der Waals surface area contributed by atoms with Gasteiger partial charge in [-0.2, -0.15) is 0 Å². The van der Waals surface area contributed by atoms with Gasteiger partial charge in [0, 0.05) is 24.5 Å². The van der Waals surface area contributed by atoms with Gasteiger partial charge in [0.15, 0.2) is 0 Å². The first-order chi connectivity index (χ1) is 11.0. The molecule has 120 valence electrons. The Kier molecular flexibility index (Phi) is 3.90. The average Bonchev–Trinajstić information content (AvgIpc) is 2.53. The Hall–Kier alpha value is -2.63. The van der Waals surface area contributed by atoms with Crippen molar-refractivity contribution >= 4 is 22.8 Å². The number of carbonyl (C=O) groups excluding carboxylic acids is 2. The van der Waals surface area contributed by atoms with Crippen molar-refractivity contribution in [2.45, 2.75) is 19.9 Å². The fraction of sp³-hybridized carbons (Fsp3) is 0.353. The van der Waals surface area contributed by atoms with E-state index >= 15 is 0 Å². The van der Waals surface area contributed by atoms with Gasteiger partial charge in [0.1, 0.15) is 17.7 Å². The predicted molar refractivity (Wildman–Crippen MR) is 85.2 cm³/mol. The van der Waals surface area contributed by atoms with Gasteiger partial charge in [0.05, 0.1) is 0 Å². The second kappa shape index (κ2) is 5.87. The maximum absolute atomic E-state index is 12.6. The van der Waals surface area contributed by atoms with E-state index in [2.05, 4.69) is 0 Å². The lowest BCUT2D eigenvalue weighted by Gasteiger charge is -2.36. The first-order valence-corrected chi connectivity index (χ1v) is 7.59. The molecule has 0 N–H and O–H groups in total. The lowest BCUT2D eigenvalue weighted by Crippen LogP contribution is -2.54. The van der Waals surface area contributed by atoms with Gasteiger partial charge in [-0.15, -0.1) is 0 Å². The van der Waals surface area contributed by atoms with Crippen LogP contribution >= 0.6 is 0 Å². The molecule has 1 saturated heterocycles. The summed E-state index contributed by atoms with van der Waals surface area (Å²) in [6, 6.07) is 8.65. The van der Waals surface area contributed by atoms with E-state index in [1.165, 1.54) is 11.0 Å². The number of para-hydroxylation sites is 1. The molecule has 1 aliphatic heterocycles. The quantitative estimate of drug-likeness (QED) is 0.787. The number of hydrogen-bond acceptors (Lipinski definition) is 4. The summed E-state index contributed by atoms with van der Waals surface area (Å²) in [7, 11) is 0. The summed E-state index contributed by atoms with van der Waals surface area (Å²) in [6.07, 6.45) is 0. The number of amides is 2. The normalized spacial score (nSPS) is 15.5. The molecule has 2 aromatic rings. The van der Waals surface area contributed by atoms with Gasteiger partial charge in [-0.05, 0) is 26.0 Å². The SMILES string of the molecule is CC(C)N1CCN(C(=O)c2cc3ccccc3oc2=O)CC1=O. The highest BCUT2D eigenvalue weighted by atomic mass is 16.4. The highest BCUT2D eigenvalue weighted by Crippen LogP contribution is 2.15. The molecule has 0 atom stereocenters. The van der Waals surface area contributed by atoms with Crippen LogP contribution in [-0.2, 0) is 4.79 Å². The third-order valence-electron chi connectivity index (χ3n) is 4.04. The standard InChI is InChI=1S/C17H18N2O4/c1-11(2)19-8-7-18(10-15(19)20)16(21)13-9-12-5-3-4-6-14(12)23-17(13)22/h3-6,9,11H,7-8,10H2,1-2H3. The molecule has 1 aromatic carbocycles. The summed E-state index contributed by atoms with van der Waals surface area (Å²) in [5.74, 6) is -0.564. The molecule has 0 bridgehead atoms. The van der Waals surface area contributed by atoms with Crippen LogP contribution in [0.5, 0.6) is 0 Å². The number of nitrogens with zero attached hydrogens (tertiary/aromatic N) is 2. The molecule has 6 heteroatoms. The smallest absolute Gasteiger partial charge is 0.349 e. The van der Waals surface area contributed by atoms with Gasteiger partial charge in [-0.1, -0.05) is 18.2 Å². The number of hydrogen-bond donors (Lipinski definition) is 0. The van der Waals surface area contributed by atoms with Crippen LogP contribution in [0.1, 0.15) is 24.2 Å². The number of piperazine rings is 1. The molecular weight excluding hydrogens is 296 g/mol. The van der Waals surface area contributed by atoms with E-state index < -0.39 is 11.5 Å². The van der Waals surface area contributed by atoms with Gasteiger partial charge in [0.2, 0.25) is 5.91 Å². The zero-order chi connectivity index (χ0) is 16.6. The highest BCUT2D eigenvalue weighted by molar-refractivity contribution is 5.98. The number of benzene rings is 1. The van der Waals surface area contributed by atoms with Crippen molar-refractivity contribution < 1.29 is 14.0 Å². The molecule has 0 radical (unpaired) electrons. The van der Waals surface area contributed by atoms with Crippen molar-refractivity contribution in [3.63, 3.8) is 0 Å². The van der Waals surface area contributed by atoms with Gasteiger partial charge in [-0.3, -0.25) is 9.59 Å². The summed E-state index contributed by atoms with van der Waals surface area (Å²) in [4.78, 5) is 39.9. The van der Waals surface area contributed by atoms with Gasteiger partial charge in [-0.25, -0.2) is 4.79 Å². The van der Waals surface area contributed by atoms with Crippen molar-refractivity contribution in [3.05, 3.63) is 46.3 Å². The van der Waals surface area contributed by atoms with Crippen molar-refractivity contribution in [3.8, 4) is 0 Å². The zero-order valence-electron chi connectivity index (χ0n) is 13.1.